The molecule has 0 fully saturated rings. The van der Waals surface area contributed by atoms with Gasteiger partial charge in [-0.25, -0.2) is 13.2 Å². The Balaban J connectivity index is 1.80. The van der Waals surface area contributed by atoms with E-state index in [9.17, 15) is 4.39 Å². The molecule has 2 aromatic carbocycles. The van der Waals surface area contributed by atoms with E-state index in [2.05, 4.69) is 12.1 Å². The molecule has 32 heavy (non-hydrogen) atoms. The predicted molar refractivity (Wildman–Crippen MR) is 123 cm³/mol. The largest absolute Gasteiger partial charge is 0.493 e. The Bertz CT molecular complexity index is 1000. The maximum Gasteiger partial charge on any atom is 0.134 e. The summed E-state index contributed by atoms with van der Waals surface area (Å²) in [7, 11) is 0. The van der Waals surface area contributed by atoms with Gasteiger partial charge >= 0.3 is 0 Å². The lowest BCUT2D eigenvalue weighted by atomic mass is 9.84. The molecule has 1 aliphatic heterocycles. The standard InChI is InChI=1S/C27H32F3NO/c1-5-6-11-32-19-14-23(28)25(24(29)15-19)26-22-13-18-9-7-8-10-20(18)21(22)12-17(2)31(26)16-27(3,4)30/h7-10,14-15,17,26H,5-6,11-13,16H2,1-4H3/t17-,26+/m1/s1. The lowest BCUT2D eigenvalue weighted by molar-refractivity contribution is 0.0676. The third-order valence-electron chi connectivity index (χ3n) is 6.49. The molecule has 5 heteroatoms. The van der Waals surface area contributed by atoms with Crippen molar-refractivity contribution in [3.05, 3.63) is 70.3 Å². The van der Waals surface area contributed by atoms with Crippen LogP contribution in [0.15, 0.2) is 42.0 Å². The maximum atomic E-state index is 15.5. The van der Waals surface area contributed by atoms with Crippen molar-refractivity contribution in [1.29, 1.82) is 0 Å². The summed E-state index contributed by atoms with van der Waals surface area (Å²) < 4.78 is 51.3. The highest BCUT2D eigenvalue weighted by Crippen LogP contribution is 2.50. The fourth-order valence-corrected chi connectivity index (χ4v) is 5.09. The third-order valence-corrected chi connectivity index (χ3v) is 6.49. The molecule has 2 atom stereocenters. The number of rotatable bonds is 7. The van der Waals surface area contributed by atoms with E-state index < -0.39 is 23.3 Å². The minimum absolute atomic E-state index is 0.0102. The Morgan fingerprint density at radius 2 is 1.81 bits per heavy atom. The highest BCUT2D eigenvalue weighted by Gasteiger charge is 2.42. The molecule has 0 bridgehead atoms. The highest BCUT2D eigenvalue weighted by molar-refractivity contribution is 5.79. The van der Waals surface area contributed by atoms with E-state index in [1.807, 2.05) is 30.9 Å². The molecule has 0 spiro atoms. The molecule has 0 unspecified atom stereocenters. The van der Waals surface area contributed by atoms with Crippen LogP contribution in [-0.4, -0.2) is 29.8 Å². The summed E-state index contributed by atoms with van der Waals surface area (Å²) >= 11 is 0. The first-order valence-electron chi connectivity index (χ1n) is 11.6. The zero-order chi connectivity index (χ0) is 23.0. The zero-order valence-electron chi connectivity index (χ0n) is 19.4. The van der Waals surface area contributed by atoms with Crippen LogP contribution in [0.1, 0.15) is 69.7 Å². The first-order valence-corrected chi connectivity index (χ1v) is 11.6. The van der Waals surface area contributed by atoms with Gasteiger partial charge in [-0.15, -0.1) is 0 Å². The van der Waals surface area contributed by atoms with Gasteiger partial charge in [0.05, 0.1) is 12.6 Å². The molecule has 1 aliphatic carbocycles. The van der Waals surface area contributed by atoms with Gasteiger partial charge in [0.1, 0.15) is 23.1 Å². The summed E-state index contributed by atoms with van der Waals surface area (Å²) in [5.41, 5.74) is 2.94. The van der Waals surface area contributed by atoms with E-state index in [0.717, 1.165) is 41.5 Å². The van der Waals surface area contributed by atoms with Gasteiger partial charge in [-0.3, -0.25) is 4.90 Å². The number of hydrogen-bond donors (Lipinski definition) is 0. The van der Waals surface area contributed by atoms with Crippen molar-refractivity contribution in [1.82, 2.24) is 4.90 Å². The Hall–Kier alpha value is -2.27. The summed E-state index contributed by atoms with van der Waals surface area (Å²) in [6.07, 6.45) is 3.12. The fraction of sp³-hybridized carbons (Fsp3) is 0.481. The average Bonchev–Trinajstić information content (AvgIpc) is 3.07. The van der Waals surface area contributed by atoms with Gasteiger partial charge in [0.15, 0.2) is 0 Å². The second kappa shape index (κ2) is 8.93. The topological polar surface area (TPSA) is 12.5 Å². The van der Waals surface area contributed by atoms with Crippen LogP contribution in [0.25, 0.3) is 5.57 Å². The molecule has 0 saturated carbocycles. The van der Waals surface area contributed by atoms with Gasteiger partial charge in [0.2, 0.25) is 0 Å². The van der Waals surface area contributed by atoms with Crippen LogP contribution < -0.4 is 4.74 Å². The number of halogens is 3. The molecule has 2 aromatic rings. The first-order chi connectivity index (χ1) is 15.2. The summed E-state index contributed by atoms with van der Waals surface area (Å²) in [4.78, 5) is 1.93. The van der Waals surface area contributed by atoms with Crippen molar-refractivity contribution in [3.63, 3.8) is 0 Å². The van der Waals surface area contributed by atoms with E-state index in [1.54, 1.807) is 0 Å². The van der Waals surface area contributed by atoms with E-state index in [1.165, 1.54) is 26.0 Å². The highest BCUT2D eigenvalue weighted by atomic mass is 19.1. The van der Waals surface area contributed by atoms with Crippen molar-refractivity contribution in [2.45, 2.75) is 71.1 Å². The molecular weight excluding hydrogens is 411 g/mol. The number of nitrogens with zero attached hydrogens (tertiary/aromatic N) is 1. The fourth-order valence-electron chi connectivity index (χ4n) is 5.09. The molecule has 0 amide bonds. The number of alkyl halides is 1. The Labute approximate surface area is 189 Å². The molecular formula is C27H32F3NO. The van der Waals surface area contributed by atoms with Gasteiger partial charge in [-0.05, 0) is 62.3 Å². The van der Waals surface area contributed by atoms with Crippen LogP contribution in [-0.2, 0) is 6.42 Å². The molecule has 2 nitrogen and oxygen atoms in total. The van der Waals surface area contributed by atoms with Gasteiger partial charge in [-0.1, -0.05) is 37.6 Å². The average molecular weight is 444 g/mol. The second-order valence-electron chi connectivity index (χ2n) is 9.69. The zero-order valence-corrected chi connectivity index (χ0v) is 19.4. The van der Waals surface area contributed by atoms with Crippen molar-refractivity contribution < 1.29 is 17.9 Å². The van der Waals surface area contributed by atoms with Crippen LogP contribution in [0.3, 0.4) is 0 Å². The summed E-state index contributed by atoms with van der Waals surface area (Å²) in [6, 6.07) is 9.96. The molecule has 172 valence electrons. The minimum atomic E-state index is -1.49. The number of benzene rings is 2. The molecule has 4 rings (SSSR count). The number of ether oxygens (including phenoxy) is 1. The smallest absolute Gasteiger partial charge is 0.134 e. The Kier molecular flexibility index (Phi) is 6.39. The first kappa shape index (κ1) is 22.9. The van der Waals surface area contributed by atoms with E-state index in [4.69, 9.17) is 4.74 Å². The van der Waals surface area contributed by atoms with Crippen LogP contribution >= 0.6 is 0 Å². The summed E-state index contributed by atoms with van der Waals surface area (Å²) in [5.74, 6) is -1.08. The monoisotopic (exact) mass is 443 g/mol. The van der Waals surface area contributed by atoms with Gasteiger partial charge in [-0.2, -0.15) is 0 Å². The van der Waals surface area contributed by atoms with Crippen LogP contribution in [0.4, 0.5) is 13.2 Å². The Morgan fingerprint density at radius 3 is 2.47 bits per heavy atom. The third kappa shape index (κ3) is 4.45. The SMILES string of the molecule is CCCCOc1cc(F)c([C@@H]2C3=C(C[C@@H](C)N2CC(C)(C)F)c2ccccc2C3)c(F)c1. The van der Waals surface area contributed by atoms with E-state index in [-0.39, 0.29) is 23.9 Å². The van der Waals surface area contributed by atoms with Gasteiger partial charge in [0, 0.05) is 30.3 Å². The van der Waals surface area contributed by atoms with Crippen molar-refractivity contribution in [2.24, 2.45) is 0 Å². The minimum Gasteiger partial charge on any atom is -0.493 e. The van der Waals surface area contributed by atoms with Crippen molar-refractivity contribution in [2.75, 3.05) is 13.2 Å². The number of unbranched alkanes of at least 4 members (excludes halogenated alkanes) is 1. The molecule has 0 radical (unpaired) electrons. The number of fused-ring (bicyclic) bond motifs is 2. The van der Waals surface area contributed by atoms with Gasteiger partial charge in [0.25, 0.3) is 0 Å². The summed E-state index contributed by atoms with van der Waals surface area (Å²) in [6.45, 7) is 7.59. The molecule has 0 N–H and O–H groups in total. The van der Waals surface area contributed by atoms with Crippen LogP contribution in [0, 0.1) is 11.6 Å². The van der Waals surface area contributed by atoms with E-state index in [0.29, 0.717) is 13.0 Å². The quantitative estimate of drug-likeness (QED) is 0.426. The molecule has 1 heterocycles. The number of hydrogen-bond acceptors (Lipinski definition) is 2. The lowest BCUT2D eigenvalue weighted by Gasteiger charge is -2.44. The predicted octanol–water partition coefficient (Wildman–Crippen LogP) is 7.04. The normalized spacial score (nSPS) is 21.0. The van der Waals surface area contributed by atoms with Crippen molar-refractivity contribution >= 4 is 5.57 Å². The van der Waals surface area contributed by atoms with Crippen molar-refractivity contribution in [3.8, 4) is 5.75 Å². The van der Waals surface area contributed by atoms with Crippen LogP contribution in [0.2, 0.25) is 0 Å². The maximum absolute atomic E-state index is 15.5. The summed E-state index contributed by atoms with van der Waals surface area (Å²) in [5, 5.41) is 0. The van der Waals surface area contributed by atoms with E-state index >= 15 is 8.78 Å². The Morgan fingerprint density at radius 1 is 1.12 bits per heavy atom. The lowest BCUT2D eigenvalue weighted by Crippen LogP contribution is -2.47. The molecule has 2 aliphatic rings. The second-order valence-corrected chi connectivity index (χ2v) is 9.69. The van der Waals surface area contributed by atoms with Gasteiger partial charge < -0.3 is 4.74 Å². The van der Waals surface area contributed by atoms with Crippen LogP contribution in [0.5, 0.6) is 5.75 Å². The molecule has 0 saturated heterocycles. The molecule has 0 aromatic heterocycles.